The van der Waals surface area contributed by atoms with Crippen LogP contribution in [0.1, 0.15) is 153 Å². The zero-order chi connectivity index (χ0) is 50.4. The number of nitrogens with zero attached hydrogens (tertiary/aromatic N) is 3. The third kappa shape index (κ3) is 51.1. The molecule has 0 aromatic carbocycles. The molecule has 3 rings (SSSR count). The molecule has 3 heterocycles. The molecule has 0 saturated carbocycles. The van der Waals surface area contributed by atoms with Gasteiger partial charge in [0, 0.05) is 18.6 Å². The van der Waals surface area contributed by atoms with Gasteiger partial charge in [-0.1, -0.05) is 117 Å². The first-order valence-electron chi connectivity index (χ1n) is 21.7. The van der Waals surface area contributed by atoms with Crippen molar-refractivity contribution in [2.75, 3.05) is 0 Å². The van der Waals surface area contributed by atoms with Crippen LogP contribution in [-0.4, -0.2) is 99.4 Å². The van der Waals surface area contributed by atoms with E-state index in [0.29, 0.717) is 36.3 Å². The number of nitrogens with one attached hydrogen (secondary N) is 3. The molecule has 21 nitrogen and oxygen atoms in total. The van der Waals surface area contributed by atoms with E-state index in [4.69, 9.17) is 15.3 Å². The molecule has 0 bridgehead atoms. The number of carboxylic acid groups (broad SMARTS) is 6. The van der Waals surface area contributed by atoms with Crippen molar-refractivity contribution < 1.29 is 95.8 Å². The monoisotopic (exact) mass is 1030 g/mol. The molecule has 0 radical (unpaired) electrons. The fourth-order valence-electron chi connectivity index (χ4n) is 4.73. The van der Waals surface area contributed by atoms with Gasteiger partial charge in [-0.15, -0.1) is 0 Å². The van der Waals surface area contributed by atoms with Gasteiger partial charge in [-0.2, -0.15) is 0 Å². The summed E-state index contributed by atoms with van der Waals surface area (Å²) in [4.78, 5) is 79.0. The molecule has 3 unspecified atom stereocenters. The van der Waals surface area contributed by atoms with Crippen LogP contribution >= 0.6 is 0 Å². The van der Waals surface area contributed by atoms with Crippen LogP contribution in [0.5, 0.6) is 0 Å². The van der Waals surface area contributed by atoms with Crippen LogP contribution in [0.4, 0.5) is 0 Å². The molecule has 3 atom stereocenters. The van der Waals surface area contributed by atoms with E-state index in [1.54, 1.807) is 18.6 Å². The van der Waals surface area contributed by atoms with E-state index in [1.807, 2.05) is 0 Å². The fourth-order valence-corrected chi connectivity index (χ4v) is 4.73. The molecule has 0 amide bonds. The largest absolute Gasteiger partial charge is 6.00 e. The Morgan fingerprint density at radius 2 is 0.672 bits per heavy atom. The summed E-state index contributed by atoms with van der Waals surface area (Å²) < 4.78 is 0. The van der Waals surface area contributed by atoms with E-state index in [-0.39, 0.29) is 21.1 Å². The molecule has 372 valence electrons. The quantitative estimate of drug-likeness (QED) is 0.0299. The molecule has 0 aliphatic heterocycles. The Kier molecular flexibility index (Phi) is 48.8. The number of aromatic amines is 3. The first-order chi connectivity index (χ1) is 31.4. The van der Waals surface area contributed by atoms with Gasteiger partial charge < -0.3 is 89.7 Å². The van der Waals surface area contributed by atoms with Crippen molar-refractivity contribution in [3.63, 3.8) is 0 Å². The SMILES string of the molecule is CCCCCCCC(O)C(=O)[O-].CCCCCCCC(O)C(=O)[O-].CCCCCCCC(O)C(=O)[O-].O=C([O-])C=Cc1c[nH]cn1.O=C([O-])C=Cc1c[nH]cn1.O=C([O-])C=Cc1c[nH]cn1.[Mo+6]. The molecule has 67 heavy (non-hydrogen) atoms. The van der Waals surface area contributed by atoms with E-state index in [9.17, 15) is 59.4 Å². The summed E-state index contributed by atoms with van der Waals surface area (Å²) >= 11 is 0. The number of carbonyl (C=O) groups excluding carboxylic acids is 6. The molecular weight excluding hydrogens is 960 g/mol. The Labute approximate surface area is 405 Å². The van der Waals surface area contributed by atoms with Gasteiger partial charge in [0.2, 0.25) is 0 Å². The summed E-state index contributed by atoms with van der Waals surface area (Å²) in [6, 6.07) is 0. The summed E-state index contributed by atoms with van der Waals surface area (Å²) in [7, 11) is 0. The molecule has 0 fully saturated rings. The summed E-state index contributed by atoms with van der Waals surface area (Å²) in [5, 5.41) is 86.2. The van der Waals surface area contributed by atoms with Crippen molar-refractivity contribution in [1.29, 1.82) is 0 Å². The minimum Gasteiger partial charge on any atom is -0.547 e. The Morgan fingerprint density at radius 3 is 0.836 bits per heavy atom. The number of unbranched alkanes of at least 4 members (excludes halogenated alkanes) is 12. The number of rotatable bonds is 27. The zero-order valence-electron chi connectivity index (χ0n) is 38.4. The van der Waals surface area contributed by atoms with Crippen LogP contribution in [0.25, 0.3) is 18.2 Å². The predicted octanol–water partition coefficient (Wildman–Crippen LogP) is -1.11. The first-order valence-corrected chi connectivity index (χ1v) is 21.7. The van der Waals surface area contributed by atoms with E-state index in [1.165, 1.54) is 75.7 Å². The number of H-pyrrole nitrogens is 3. The maximum absolute atomic E-state index is 10.1. The second-order valence-electron chi connectivity index (χ2n) is 14.1. The molecule has 0 aliphatic carbocycles. The molecular formula is C45H66MoN6O15. The Balaban J connectivity index is -0.000000355. The van der Waals surface area contributed by atoms with Gasteiger partial charge in [0.15, 0.2) is 0 Å². The fraction of sp³-hybridized carbons (Fsp3) is 0.533. The number of aromatic nitrogens is 6. The van der Waals surface area contributed by atoms with Crippen molar-refractivity contribution in [2.24, 2.45) is 0 Å². The number of carboxylic acids is 6. The number of carbonyl (C=O) groups is 6. The van der Waals surface area contributed by atoms with Crippen molar-refractivity contribution in [2.45, 2.75) is 155 Å². The third-order valence-electron chi connectivity index (χ3n) is 8.29. The molecule has 0 spiro atoms. The van der Waals surface area contributed by atoms with E-state index in [0.717, 1.165) is 76.0 Å². The summed E-state index contributed by atoms with van der Waals surface area (Å²) in [5.41, 5.74) is 1.72. The Hall–Kier alpha value is -5.76. The van der Waals surface area contributed by atoms with Gasteiger partial charge in [0.25, 0.3) is 0 Å². The van der Waals surface area contributed by atoms with Crippen LogP contribution in [0, 0.1) is 0 Å². The summed E-state index contributed by atoms with van der Waals surface area (Å²) in [6.07, 6.45) is 28.9. The first kappa shape index (κ1) is 67.8. The average molecular weight is 1030 g/mol. The van der Waals surface area contributed by atoms with E-state index in [2.05, 4.69) is 50.7 Å². The standard InChI is InChI=1S/3C9H18O3.3C6H6N2O2.Mo/c3*1-2-3-4-5-6-7-8(10)9(11)12;3*9-6(10)2-1-5-3-7-4-8-5;/h3*8,10H,2-7H2,1H3,(H,11,12);3*1-4H,(H,7,8)(H,9,10);/q;;;;;;+6/p-6. The topological polar surface area (TPSA) is 388 Å². The summed E-state index contributed by atoms with van der Waals surface area (Å²) in [5.74, 6) is -7.73. The number of imidazole rings is 3. The maximum atomic E-state index is 10.1. The normalized spacial score (nSPS) is 11.6. The number of aliphatic carboxylic acids is 6. The molecule has 0 aliphatic rings. The van der Waals surface area contributed by atoms with Gasteiger partial charge in [-0.3, -0.25) is 0 Å². The molecule has 6 N–H and O–H groups in total. The van der Waals surface area contributed by atoms with Gasteiger partial charge in [-0.25, -0.2) is 15.0 Å². The van der Waals surface area contributed by atoms with Crippen LogP contribution < -0.4 is 30.6 Å². The van der Waals surface area contributed by atoms with Crippen LogP contribution in [-0.2, 0) is 49.8 Å². The minimum atomic E-state index is -1.36. The second kappa shape index (κ2) is 48.2. The Bertz CT molecular complexity index is 1540. The average Bonchev–Trinajstić information content (AvgIpc) is 4.11. The molecule has 3 aromatic rings. The maximum Gasteiger partial charge on any atom is 6.00 e. The molecule has 0 saturated heterocycles. The van der Waals surface area contributed by atoms with Gasteiger partial charge in [0.05, 0.1) is 90.2 Å². The van der Waals surface area contributed by atoms with Crippen molar-refractivity contribution in [3.8, 4) is 0 Å². The van der Waals surface area contributed by atoms with Gasteiger partial charge in [-0.05, 0) is 55.7 Å². The Morgan fingerprint density at radius 1 is 0.448 bits per heavy atom. The van der Waals surface area contributed by atoms with E-state index >= 15 is 0 Å². The number of aliphatic hydroxyl groups is 3. The van der Waals surface area contributed by atoms with Crippen LogP contribution in [0.15, 0.2) is 55.8 Å². The van der Waals surface area contributed by atoms with Crippen molar-refractivity contribution in [1.82, 2.24) is 29.9 Å². The van der Waals surface area contributed by atoms with E-state index < -0.39 is 54.1 Å². The number of hydrogen-bond acceptors (Lipinski definition) is 18. The van der Waals surface area contributed by atoms with Crippen molar-refractivity contribution >= 4 is 54.0 Å². The van der Waals surface area contributed by atoms with Crippen molar-refractivity contribution in [3.05, 3.63) is 72.9 Å². The molecule has 3 aromatic heterocycles. The van der Waals surface area contributed by atoms with Gasteiger partial charge >= 0.3 is 21.1 Å². The predicted molar refractivity (Wildman–Crippen MR) is 231 cm³/mol. The molecule has 22 heteroatoms. The zero-order valence-corrected chi connectivity index (χ0v) is 40.4. The number of aliphatic hydroxyl groups excluding tert-OH is 3. The van der Waals surface area contributed by atoms with Crippen LogP contribution in [0.3, 0.4) is 0 Å². The summed E-state index contributed by atoms with van der Waals surface area (Å²) in [6.45, 7) is 6.36. The second-order valence-corrected chi connectivity index (χ2v) is 14.1. The van der Waals surface area contributed by atoms with Gasteiger partial charge in [0.1, 0.15) is 0 Å². The minimum absolute atomic E-state index is 0. The third-order valence-corrected chi connectivity index (χ3v) is 8.29. The van der Waals surface area contributed by atoms with Crippen LogP contribution in [0.2, 0.25) is 0 Å². The number of hydrogen-bond donors (Lipinski definition) is 6. The smallest absolute Gasteiger partial charge is 0.547 e.